The minimum atomic E-state index is -4.05. The van der Waals surface area contributed by atoms with Gasteiger partial charge in [0.15, 0.2) is 0 Å². The van der Waals surface area contributed by atoms with Gasteiger partial charge >= 0.3 is 6.03 Å². The molecule has 3 aliphatic heterocycles. The molecule has 5 rings (SSSR count). The summed E-state index contributed by atoms with van der Waals surface area (Å²) < 4.78 is 34.8. The molecular weight excluding hydrogens is 561 g/mol. The first kappa shape index (κ1) is 28.3. The Hall–Kier alpha value is -2.27. The summed E-state index contributed by atoms with van der Waals surface area (Å²) in [5.74, 6) is 1.15. The Bertz CT molecular complexity index is 1260. The molecule has 0 radical (unpaired) electrons. The summed E-state index contributed by atoms with van der Waals surface area (Å²) in [6, 6.07) is 8.24. The van der Waals surface area contributed by atoms with Crippen LogP contribution in [0.5, 0.6) is 5.75 Å². The number of hydrogen-bond acceptors (Lipinski definition) is 7. The number of hydrogen-bond donors (Lipinski definition) is 1. The average molecular weight is 597 g/mol. The number of benzene rings is 1. The minimum Gasteiger partial charge on any atom is -0.490 e. The van der Waals surface area contributed by atoms with E-state index in [0.717, 1.165) is 76.9 Å². The molecule has 39 heavy (non-hydrogen) atoms. The second-order valence-corrected chi connectivity index (χ2v) is 12.9. The van der Waals surface area contributed by atoms with Crippen LogP contribution in [0.1, 0.15) is 44.9 Å². The molecule has 0 unspecified atom stereocenters. The monoisotopic (exact) mass is 595 g/mol. The quantitative estimate of drug-likeness (QED) is 0.513. The van der Waals surface area contributed by atoms with Crippen LogP contribution in [0.3, 0.4) is 0 Å². The Kier molecular flexibility index (Phi) is 9.06. The van der Waals surface area contributed by atoms with Crippen molar-refractivity contribution in [1.82, 2.24) is 19.5 Å². The number of ether oxygens (including phenoxy) is 1. The number of sulfonamides is 1. The summed E-state index contributed by atoms with van der Waals surface area (Å²) in [4.78, 5) is 23.4. The molecule has 9 nitrogen and oxygen atoms in total. The van der Waals surface area contributed by atoms with Gasteiger partial charge in [0, 0.05) is 57.6 Å². The lowest BCUT2D eigenvalue weighted by Gasteiger charge is -2.41. The molecule has 1 N–H and O–H groups in total. The van der Waals surface area contributed by atoms with Crippen molar-refractivity contribution in [3.8, 4) is 5.75 Å². The zero-order valence-electron chi connectivity index (χ0n) is 21.9. The lowest BCUT2D eigenvalue weighted by molar-refractivity contribution is 0.0540. The highest BCUT2D eigenvalue weighted by Gasteiger charge is 2.32. The molecule has 0 aliphatic carbocycles. The zero-order valence-corrected chi connectivity index (χ0v) is 24.2. The largest absolute Gasteiger partial charge is 0.490 e. The lowest BCUT2D eigenvalue weighted by atomic mass is 9.99. The van der Waals surface area contributed by atoms with Crippen LogP contribution in [-0.2, 0) is 10.0 Å². The first-order chi connectivity index (χ1) is 18.8. The number of carbonyl (C=O) groups excluding carboxylic acids is 1. The number of urea groups is 1. The van der Waals surface area contributed by atoms with E-state index in [4.69, 9.17) is 27.9 Å². The maximum atomic E-state index is 13.2. The number of rotatable bonds is 6. The third-order valence-corrected chi connectivity index (χ3v) is 9.94. The molecule has 212 valence electrons. The number of carbonyl (C=O) groups is 1. The van der Waals surface area contributed by atoms with E-state index in [9.17, 15) is 13.2 Å². The van der Waals surface area contributed by atoms with Crippen molar-refractivity contribution >= 4 is 45.1 Å². The van der Waals surface area contributed by atoms with E-state index in [1.54, 1.807) is 29.3 Å². The Balaban J connectivity index is 1.10. The maximum Gasteiger partial charge on any atom is 0.331 e. The highest BCUT2D eigenvalue weighted by molar-refractivity contribution is 7.90. The molecule has 12 heteroatoms. The topological polar surface area (TPSA) is 95.1 Å². The van der Waals surface area contributed by atoms with Gasteiger partial charge in [0.1, 0.15) is 22.6 Å². The number of nitrogens with zero attached hydrogens (tertiary/aromatic N) is 4. The molecule has 0 saturated carbocycles. The number of halogens is 2. The third kappa shape index (κ3) is 6.90. The van der Waals surface area contributed by atoms with Gasteiger partial charge in [-0.25, -0.2) is 22.9 Å². The molecule has 2 amide bonds. The first-order valence-electron chi connectivity index (χ1n) is 13.7. The van der Waals surface area contributed by atoms with Gasteiger partial charge < -0.3 is 14.5 Å². The highest BCUT2D eigenvalue weighted by Crippen LogP contribution is 2.29. The first-order valence-corrected chi connectivity index (χ1v) is 15.9. The van der Waals surface area contributed by atoms with Gasteiger partial charge in [-0.05, 0) is 69.2 Å². The summed E-state index contributed by atoms with van der Waals surface area (Å²) in [5.41, 5.74) is 0. The molecule has 4 heterocycles. The summed E-state index contributed by atoms with van der Waals surface area (Å²) >= 11 is 12.1. The molecule has 3 fully saturated rings. The predicted octanol–water partition coefficient (Wildman–Crippen LogP) is 4.78. The van der Waals surface area contributed by atoms with Crippen LogP contribution < -0.4 is 14.4 Å². The minimum absolute atomic E-state index is 0.0566. The predicted molar refractivity (Wildman–Crippen MR) is 152 cm³/mol. The molecule has 1 aromatic carbocycles. The standard InChI is InChI=1S/C27H35Cl2N5O4S/c28-23-7-6-22(19-24(23)29)38-21-10-17-32(18-11-21)20-8-15-34(16-9-20)27(35)31-39(36,37)25-5-4-12-30-26(25)33-13-2-1-3-14-33/h4-7,12,19-21H,1-3,8-11,13-18H2,(H,31,35). The summed E-state index contributed by atoms with van der Waals surface area (Å²) in [5, 5.41) is 0.994. The zero-order chi connectivity index (χ0) is 27.4. The van der Waals surface area contributed by atoms with Crippen molar-refractivity contribution in [3.05, 3.63) is 46.6 Å². The number of pyridine rings is 1. The van der Waals surface area contributed by atoms with E-state index in [1.165, 1.54) is 6.07 Å². The number of aromatic nitrogens is 1. The summed E-state index contributed by atoms with van der Waals surface area (Å²) in [6.45, 7) is 4.38. The van der Waals surface area contributed by atoms with E-state index < -0.39 is 16.1 Å². The van der Waals surface area contributed by atoms with Crippen molar-refractivity contribution in [1.29, 1.82) is 0 Å². The van der Waals surface area contributed by atoms with Crippen LogP contribution in [0.15, 0.2) is 41.4 Å². The third-order valence-electron chi connectivity index (χ3n) is 7.86. The van der Waals surface area contributed by atoms with Crippen molar-refractivity contribution in [3.63, 3.8) is 0 Å². The van der Waals surface area contributed by atoms with Gasteiger partial charge in [-0.15, -0.1) is 0 Å². The Morgan fingerprint density at radius 2 is 1.64 bits per heavy atom. The van der Waals surface area contributed by atoms with E-state index >= 15 is 0 Å². The molecule has 3 aliphatic rings. The van der Waals surface area contributed by atoms with Crippen LogP contribution >= 0.6 is 23.2 Å². The highest BCUT2D eigenvalue weighted by atomic mass is 35.5. The second-order valence-electron chi connectivity index (χ2n) is 10.4. The smallest absolute Gasteiger partial charge is 0.331 e. The van der Waals surface area contributed by atoms with Gasteiger partial charge in [0.2, 0.25) is 0 Å². The molecule has 0 spiro atoms. The molecule has 0 atom stereocenters. The van der Waals surface area contributed by atoms with E-state index in [1.807, 2.05) is 11.0 Å². The van der Waals surface area contributed by atoms with Crippen molar-refractivity contribution in [2.75, 3.05) is 44.2 Å². The SMILES string of the molecule is O=C(NS(=O)(=O)c1cccnc1N1CCCCC1)N1CCC(N2CCC(Oc3ccc(Cl)c(Cl)c3)CC2)CC1. The molecule has 3 saturated heterocycles. The fourth-order valence-corrected chi connectivity index (χ4v) is 7.14. The van der Waals surface area contributed by atoms with Crippen LogP contribution in [0.25, 0.3) is 0 Å². The fourth-order valence-electron chi connectivity index (χ4n) is 5.71. The van der Waals surface area contributed by atoms with Gasteiger partial charge in [0.25, 0.3) is 10.0 Å². The molecule has 2 aromatic rings. The average Bonchev–Trinajstić information content (AvgIpc) is 2.96. The lowest BCUT2D eigenvalue weighted by Crippen LogP contribution is -2.52. The molecular formula is C27H35Cl2N5O4S. The van der Waals surface area contributed by atoms with Crippen molar-refractivity contribution in [2.45, 2.75) is 62.0 Å². The Morgan fingerprint density at radius 1 is 0.923 bits per heavy atom. The number of amides is 2. The van der Waals surface area contributed by atoms with E-state index in [2.05, 4.69) is 14.6 Å². The van der Waals surface area contributed by atoms with Gasteiger partial charge in [-0.1, -0.05) is 23.2 Å². The Morgan fingerprint density at radius 3 is 2.33 bits per heavy atom. The van der Waals surface area contributed by atoms with E-state index in [0.29, 0.717) is 35.0 Å². The van der Waals surface area contributed by atoms with Crippen LogP contribution in [-0.4, -0.2) is 80.6 Å². The van der Waals surface area contributed by atoms with Crippen LogP contribution in [0.4, 0.5) is 10.6 Å². The molecule has 1 aromatic heterocycles. The molecule has 0 bridgehead atoms. The summed E-state index contributed by atoms with van der Waals surface area (Å²) in [7, 11) is -4.05. The normalized spacial score (nSPS) is 20.2. The Labute approximate surface area is 240 Å². The van der Waals surface area contributed by atoms with Crippen LogP contribution in [0.2, 0.25) is 10.0 Å². The number of anilines is 1. The number of piperidine rings is 3. The van der Waals surface area contributed by atoms with E-state index in [-0.39, 0.29) is 11.0 Å². The van der Waals surface area contributed by atoms with Gasteiger partial charge in [-0.3, -0.25) is 4.90 Å². The summed E-state index contributed by atoms with van der Waals surface area (Å²) in [6.07, 6.45) is 8.26. The number of nitrogens with one attached hydrogen (secondary N) is 1. The second kappa shape index (κ2) is 12.5. The van der Waals surface area contributed by atoms with Gasteiger partial charge in [0.05, 0.1) is 10.0 Å². The van der Waals surface area contributed by atoms with Crippen molar-refractivity contribution < 1.29 is 17.9 Å². The maximum absolute atomic E-state index is 13.2. The van der Waals surface area contributed by atoms with Crippen molar-refractivity contribution in [2.24, 2.45) is 0 Å². The van der Waals surface area contributed by atoms with Crippen LogP contribution in [0, 0.1) is 0 Å². The number of likely N-dealkylation sites (tertiary alicyclic amines) is 2. The fraction of sp³-hybridized carbons (Fsp3) is 0.556. The van der Waals surface area contributed by atoms with Gasteiger partial charge in [-0.2, -0.15) is 0 Å².